The number of rotatable bonds is 6. The van der Waals surface area contributed by atoms with Crippen LogP contribution < -0.4 is 10.1 Å². The second-order valence-electron chi connectivity index (χ2n) is 6.53. The van der Waals surface area contributed by atoms with Gasteiger partial charge in [0.2, 0.25) is 0 Å². The maximum Gasteiger partial charge on any atom is 0.445 e. The van der Waals surface area contributed by atoms with Crippen molar-refractivity contribution in [2.75, 3.05) is 31.5 Å². The van der Waals surface area contributed by atoms with Crippen LogP contribution in [0.3, 0.4) is 0 Å². The van der Waals surface area contributed by atoms with E-state index < -0.39 is 24.8 Å². The van der Waals surface area contributed by atoms with Crippen LogP contribution in [0.15, 0.2) is 48.5 Å². The summed E-state index contributed by atoms with van der Waals surface area (Å²) in [6, 6.07) is 13.5. The van der Waals surface area contributed by atoms with Crippen LogP contribution in [0.25, 0.3) is 0 Å². The summed E-state index contributed by atoms with van der Waals surface area (Å²) >= 11 is 4.30. The number of hydrogen-bond acceptors (Lipinski definition) is 3. The molecular weight excluding hydrogens is 515 g/mol. The van der Waals surface area contributed by atoms with Crippen LogP contribution in [-0.2, 0) is 6.54 Å². The summed E-state index contributed by atoms with van der Waals surface area (Å²) in [5.74, 6) is 0.0483. The van der Waals surface area contributed by atoms with E-state index >= 15 is 0 Å². The number of halogens is 4. The highest BCUT2D eigenvalue weighted by atomic mass is 127. The first-order valence-electron chi connectivity index (χ1n) is 8.94. The molecule has 29 heavy (non-hydrogen) atoms. The van der Waals surface area contributed by atoms with E-state index in [4.69, 9.17) is 11.6 Å². The van der Waals surface area contributed by atoms with Crippen molar-refractivity contribution in [1.82, 2.24) is 9.80 Å². The average molecular weight is 536 g/mol. The predicted octanol–water partition coefficient (Wildman–Crippen LogP) is 5.02. The number of piperazine rings is 1. The molecule has 2 aromatic rings. The Morgan fingerprint density at radius 1 is 1.10 bits per heavy atom. The molecule has 0 spiro atoms. The third kappa shape index (κ3) is 6.61. The Balaban J connectivity index is 1.47. The number of nitrogens with zero attached hydrogens (tertiary/aromatic N) is 2. The van der Waals surface area contributed by atoms with Gasteiger partial charge >= 0.3 is 10.1 Å². The highest BCUT2D eigenvalue weighted by molar-refractivity contribution is 14.2. The quantitative estimate of drug-likeness (QED) is 0.417. The number of hydrogen-bond donors (Lipinski definition) is 1. The Morgan fingerprint density at radius 2 is 1.72 bits per heavy atom. The molecule has 0 aromatic heterocycles. The minimum atomic E-state index is -3.20. The van der Waals surface area contributed by atoms with Crippen LogP contribution in [0.2, 0.25) is 5.02 Å². The number of nitrogens with one attached hydrogen (secondary N) is 1. The minimum absolute atomic E-state index is 0.0483. The van der Waals surface area contributed by atoms with Crippen molar-refractivity contribution in [2.24, 2.45) is 0 Å². The largest absolute Gasteiger partial charge is 0.445 e. The highest BCUT2D eigenvalue weighted by Gasteiger charge is 2.27. The third-order valence-corrected chi connectivity index (χ3v) is 5.83. The summed E-state index contributed by atoms with van der Waals surface area (Å²) < 4.78 is 31.2. The fourth-order valence-electron chi connectivity index (χ4n) is 2.93. The molecule has 1 heterocycles. The number of ether oxygens (including phenoxy) is 1. The maximum absolute atomic E-state index is 13.3. The Bertz CT molecular complexity index is 842. The second-order valence-corrected chi connectivity index (χ2v) is 8.98. The summed E-state index contributed by atoms with van der Waals surface area (Å²) in [5, 5.41) is 3.51. The Morgan fingerprint density at radius 3 is 2.31 bits per heavy atom. The predicted molar refractivity (Wildman–Crippen MR) is 120 cm³/mol. The Hall–Kier alpha value is -1.78. The van der Waals surface area contributed by atoms with E-state index in [0.717, 1.165) is 19.6 Å². The second kappa shape index (κ2) is 9.82. The van der Waals surface area contributed by atoms with Crippen LogP contribution in [0.5, 0.6) is 5.75 Å². The fraction of sp³-hybridized carbons (Fsp3) is 0.300. The standard InChI is InChI=1S/C20H21ClF2IN3O2/c1-24-20(22,23)29-18-8-6-17(7-9-18)25-19(28)27-12-10-26(11-13-27)14-15-2-4-16(21)5-3-15/h2-9H,1,10-14H2,(H,25,28). The lowest BCUT2D eigenvalue weighted by atomic mass is 10.2. The summed E-state index contributed by atoms with van der Waals surface area (Å²) in [7, 11) is 0. The summed E-state index contributed by atoms with van der Waals surface area (Å²) in [4.78, 5) is 16.5. The molecule has 2 amide bonds. The lowest BCUT2D eigenvalue weighted by Crippen LogP contribution is -2.49. The van der Waals surface area contributed by atoms with Crippen LogP contribution in [-0.4, -0.2) is 50.6 Å². The number of amides is 2. The van der Waals surface area contributed by atoms with Gasteiger partial charge in [0.1, 0.15) is 5.75 Å². The van der Waals surface area contributed by atoms with E-state index in [1.165, 1.54) is 17.7 Å². The zero-order valence-corrected chi connectivity index (χ0v) is 18.5. The minimum Gasteiger partial charge on any atom is -0.425 e. The molecule has 5 nitrogen and oxygen atoms in total. The Kier molecular flexibility index (Phi) is 7.42. The smallest absolute Gasteiger partial charge is 0.425 e. The van der Waals surface area contributed by atoms with E-state index in [9.17, 15) is 13.6 Å². The van der Waals surface area contributed by atoms with Gasteiger partial charge in [0, 0.05) is 64.2 Å². The van der Waals surface area contributed by atoms with Gasteiger partial charge in [0.15, 0.2) is 0 Å². The number of alkyl halides is 3. The van der Waals surface area contributed by atoms with E-state index in [1.54, 1.807) is 17.0 Å². The van der Waals surface area contributed by atoms with E-state index in [0.29, 0.717) is 23.8 Å². The first-order valence-corrected chi connectivity index (χ1v) is 11.9. The maximum atomic E-state index is 13.3. The molecule has 156 valence electrons. The molecule has 0 unspecified atom stereocenters. The molecule has 3 rings (SSSR count). The van der Waals surface area contributed by atoms with Gasteiger partial charge in [-0.1, -0.05) is 28.2 Å². The number of carbonyl (C=O) groups is 1. The van der Waals surface area contributed by atoms with Crippen molar-refractivity contribution in [2.45, 2.75) is 10.7 Å². The zero-order chi connectivity index (χ0) is 20.9. The molecule has 9 heteroatoms. The van der Waals surface area contributed by atoms with E-state index in [-0.39, 0.29) is 11.8 Å². The molecule has 0 atom stereocenters. The van der Waals surface area contributed by atoms with Crippen molar-refractivity contribution in [3.63, 3.8) is 0 Å². The number of urea groups is 1. The molecule has 1 N–H and O–H groups in total. The highest BCUT2D eigenvalue weighted by Crippen LogP contribution is 2.31. The van der Waals surface area contributed by atoms with Crippen molar-refractivity contribution < 1.29 is 18.3 Å². The monoisotopic (exact) mass is 535 g/mol. The summed E-state index contributed by atoms with van der Waals surface area (Å²) in [5.41, 5.74) is 1.71. The van der Waals surface area contributed by atoms with Crippen molar-refractivity contribution in [3.05, 3.63) is 59.1 Å². The van der Waals surface area contributed by atoms with Gasteiger partial charge in [0.05, 0.1) is 0 Å². The molecule has 1 fully saturated rings. The zero-order valence-electron chi connectivity index (χ0n) is 15.6. The van der Waals surface area contributed by atoms with Gasteiger partial charge < -0.3 is 15.0 Å². The number of carbonyl (C=O) groups excluding carboxylic acids is 1. The SMILES string of the molecule is C=IC(F)(F)Oc1ccc(NC(=O)N2CCN(Cc3ccc(Cl)cc3)CC2)cc1. The van der Waals surface area contributed by atoms with Gasteiger partial charge in [-0.2, -0.15) is 8.78 Å². The first-order chi connectivity index (χ1) is 13.8. The molecule has 0 aliphatic carbocycles. The van der Waals surface area contributed by atoms with E-state index in [2.05, 4.69) is 19.5 Å². The Labute approximate surface area is 183 Å². The van der Waals surface area contributed by atoms with Crippen molar-refractivity contribution in [1.29, 1.82) is 0 Å². The molecule has 2 aromatic carbocycles. The molecule has 1 aliphatic rings. The van der Waals surface area contributed by atoms with Gasteiger partial charge in [-0.25, -0.2) is 4.79 Å². The lowest BCUT2D eigenvalue weighted by molar-refractivity contribution is -0.0693. The number of benzene rings is 2. The molecule has 0 bridgehead atoms. The van der Waals surface area contributed by atoms with Gasteiger partial charge in [-0.3, -0.25) is 4.90 Å². The summed E-state index contributed by atoms with van der Waals surface area (Å²) in [6.45, 7) is 3.58. The van der Waals surface area contributed by atoms with Gasteiger partial charge in [0.25, 0.3) is 0 Å². The van der Waals surface area contributed by atoms with Crippen LogP contribution in [0, 0.1) is 0 Å². The number of anilines is 1. The average Bonchev–Trinajstić information content (AvgIpc) is 2.71. The normalized spacial score (nSPS) is 15.2. The van der Waals surface area contributed by atoms with Crippen molar-refractivity contribution in [3.8, 4) is 5.75 Å². The molecule has 0 saturated carbocycles. The fourth-order valence-corrected chi connectivity index (χ4v) is 3.46. The van der Waals surface area contributed by atoms with E-state index in [1.807, 2.05) is 24.3 Å². The first kappa shape index (κ1) is 21.9. The third-order valence-electron chi connectivity index (χ3n) is 4.47. The molecular formula is C20H21ClF2IN3O2. The topological polar surface area (TPSA) is 44.8 Å². The van der Waals surface area contributed by atoms with Crippen molar-refractivity contribution >= 4 is 48.6 Å². The van der Waals surface area contributed by atoms with Gasteiger partial charge in [-0.05, 0) is 42.0 Å². The summed E-state index contributed by atoms with van der Waals surface area (Å²) in [6.07, 6.45) is 0. The molecule has 0 radical (unpaired) electrons. The van der Waals surface area contributed by atoms with Gasteiger partial charge in [-0.15, -0.1) is 0 Å². The van der Waals surface area contributed by atoms with Crippen LogP contribution >= 0.6 is 32.3 Å². The molecule has 1 aliphatic heterocycles. The lowest BCUT2D eigenvalue weighted by Gasteiger charge is -2.34. The van der Waals surface area contributed by atoms with Crippen LogP contribution in [0.1, 0.15) is 5.56 Å². The van der Waals surface area contributed by atoms with Crippen LogP contribution in [0.4, 0.5) is 19.3 Å². The molecule has 1 saturated heterocycles.